The third-order valence-electron chi connectivity index (χ3n) is 9.32. The first-order valence-electron chi connectivity index (χ1n) is 15.4. The molecule has 0 aliphatic rings. The SMILES string of the molecule is c1cc(-c2ccccc2-n2c3ccccc3c3ccccc32)cc(-n2c3ccccc3c3c4c(ccc32)oc2ccccc24)c1. The van der Waals surface area contributed by atoms with Crippen LogP contribution in [0.2, 0.25) is 0 Å². The van der Waals surface area contributed by atoms with Crippen LogP contribution in [0.3, 0.4) is 0 Å². The average molecular weight is 575 g/mol. The first-order chi connectivity index (χ1) is 22.3. The molecule has 10 rings (SSSR count). The number of hydrogen-bond acceptors (Lipinski definition) is 1. The Morgan fingerprint density at radius 1 is 0.378 bits per heavy atom. The van der Waals surface area contributed by atoms with Crippen LogP contribution in [0.1, 0.15) is 0 Å². The largest absolute Gasteiger partial charge is 0.456 e. The van der Waals surface area contributed by atoms with Crippen LogP contribution in [0.15, 0.2) is 162 Å². The van der Waals surface area contributed by atoms with Gasteiger partial charge < -0.3 is 13.6 Å². The van der Waals surface area contributed by atoms with E-state index in [1.54, 1.807) is 0 Å². The number of rotatable bonds is 3. The van der Waals surface area contributed by atoms with Gasteiger partial charge in [-0.1, -0.05) is 103 Å². The molecule has 0 radical (unpaired) electrons. The standard InChI is InChI=1S/C42H26N2O/c1-6-19-34(44-35-20-7-2-15-30(35)31-16-3-8-21-36(31)44)29(14-1)27-12-11-13-28(26-27)43-37-22-9-4-17-32(37)41-38(43)24-25-40-42(41)33-18-5-10-23-39(33)45-40/h1-26H. The van der Waals surface area contributed by atoms with E-state index in [1.165, 1.54) is 65.8 Å². The van der Waals surface area contributed by atoms with Crippen molar-refractivity contribution in [3.8, 4) is 22.5 Å². The molecule has 0 fully saturated rings. The fourth-order valence-electron chi connectivity index (χ4n) is 7.46. The summed E-state index contributed by atoms with van der Waals surface area (Å²) in [7, 11) is 0. The van der Waals surface area contributed by atoms with Crippen molar-refractivity contribution in [1.82, 2.24) is 9.13 Å². The predicted molar refractivity (Wildman–Crippen MR) is 188 cm³/mol. The second kappa shape index (κ2) is 9.22. The normalized spacial score (nSPS) is 12.0. The monoisotopic (exact) mass is 574 g/mol. The van der Waals surface area contributed by atoms with Crippen LogP contribution in [0.25, 0.3) is 88.1 Å². The van der Waals surface area contributed by atoms with Gasteiger partial charge in [-0.15, -0.1) is 0 Å². The fourth-order valence-corrected chi connectivity index (χ4v) is 7.46. The zero-order valence-corrected chi connectivity index (χ0v) is 24.3. The highest BCUT2D eigenvalue weighted by atomic mass is 16.3. The Labute approximate surface area is 258 Å². The summed E-state index contributed by atoms with van der Waals surface area (Å²) in [6, 6.07) is 56.5. The van der Waals surface area contributed by atoms with Crippen LogP contribution in [0.5, 0.6) is 0 Å². The maximum atomic E-state index is 6.30. The van der Waals surface area contributed by atoms with E-state index in [4.69, 9.17) is 4.42 Å². The highest BCUT2D eigenvalue weighted by Crippen LogP contribution is 2.42. The van der Waals surface area contributed by atoms with Gasteiger partial charge in [-0.25, -0.2) is 0 Å². The molecular formula is C42H26N2O. The number of benzene rings is 7. The molecule has 0 atom stereocenters. The molecule has 10 aromatic rings. The minimum Gasteiger partial charge on any atom is -0.456 e. The molecule has 0 amide bonds. The van der Waals surface area contributed by atoms with Crippen molar-refractivity contribution >= 4 is 65.6 Å². The molecule has 0 unspecified atom stereocenters. The van der Waals surface area contributed by atoms with E-state index < -0.39 is 0 Å². The molecule has 0 saturated carbocycles. The van der Waals surface area contributed by atoms with Crippen molar-refractivity contribution in [3.63, 3.8) is 0 Å². The molecular weight excluding hydrogens is 548 g/mol. The Morgan fingerprint density at radius 2 is 1.00 bits per heavy atom. The molecule has 3 nitrogen and oxygen atoms in total. The summed E-state index contributed by atoms with van der Waals surface area (Å²) >= 11 is 0. The van der Waals surface area contributed by atoms with Gasteiger partial charge in [0.2, 0.25) is 0 Å². The lowest BCUT2D eigenvalue weighted by molar-refractivity contribution is 0.669. The van der Waals surface area contributed by atoms with E-state index in [0.29, 0.717) is 0 Å². The molecule has 3 heteroatoms. The molecule has 7 aromatic carbocycles. The maximum Gasteiger partial charge on any atom is 0.136 e. The Kier molecular flexibility index (Phi) is 5.00. The molecule has 0 spiro atoms. The van der Waals surface area contributed by atoms with Crippen molar-refractivity contribution in [2.45, 2.75) is 0 Å². The first-order valence-corrected chi connectivity index (χ1v) is 15.4. The van der Waals surface area contributed by atoms with Crippen LogP contribution < -0.4 is 0 Å². The van der Waals surface area contributed by atoms with E-state index in [0.717, 1.165) is 22.2 Å². The Balaban J connectivity index is 1.24. The van der Waals surface area contributed by atoms with E-state index in [9.17, 15) is 0 Å². The van der Waals surface area contributed by atoms with E-state index in [2.05, 4.69) is 161 Å². The summed E-state index contributed by atoms with van der Waals surface area (Å²) in [6.07, 6.45) is 0. The first kappa shape index (κ1) is 24.4. The topological polar surface area (TPSA) is 23.0 Å². The van der Waals surface area contributed by atoms with Gasteiger partial charge in [0.1, 0.15) is 11.2 Å². The van der Waals surface area contributed by atoms with E-state index >= 15 is 0 Å². The number of aromatic nitrogens is 2. The van der Waals surface area contributed by atoms with Crippen LogP contribution >= 0.6 is 0 Å². The molecule has 3 heterocycles. The smallest absolute Gasteiger partial charge is 0.136 e. The Morgan fingerprint density at radius 3 is 1.78 bits per heavy atom. The molecule has 0 aliphatic carbocycles. The molecule has 45 heavy (non-hydrogen) atoms. The van der Waals surface area contributed by atoms with Gasteiger partial charge in [0, 0.05) is 43.6 Å². The number of fused-ring (bicyclic) bond motifs is 10. The third-order valence-corrected chi connectivity index (χ3v) is 9.32. The second-order valence-corrected chi connectivity index (χ2v) is 11.7. The van der Waals surface area contributed by atoms with Crippen LogP contribution in [0, 0.1) is 0 Å². The fraction of sp³-hybridized carbons (Fsp3) is 0. The quantitative estimate of drug-likeness (QED) is 0.206. The number of para-hydroxylation sites is 5. The number of nitrogens with zero attached hydrogens (tertiary/aromatic N) is 2. The highest BCUT2D eigenvalue weighted by Gasteiger charge is 2.19. The van der Waals surface area contributed by atoms with Crippen molar-refractivity contribution in [2.24, 2.45) is 0 Å². The van der Waals surface area contributed by atoms with Crippen molar-refractivity contribution in [2.75, 3.05) is 0 Å². The van der Waals surface area contributed by atoms with Crippen LogP contribution in [0.4, 0.5) is 0 Å². The minimum absolute atomic E-state index is 0.917. The molecule has 0 aliphatic heterocycles. The van der Waals surface area contributed by atoms with Gasteiger partial charge in [0.05, 0.1) is 27.8 Å². The molecule has 0 saturated heterocycles. The number of hydrogen-bond donors (Lipinski definition) is 0. The zero-order chi connectivity index (χ0) is 29.5. The highest BCUT2D eigenvalue weighted by molar-refractivity contribution is 6.27. The lowest BCUT2D eigenvalue weighted by Crippen LogP contribution is -1.98. The van der Waals surface area contributed by atoms with Gasteiger partial charge in [0.25, 0.3) is 0 Å². The minimum atomic E-state index is 0.917. The summed E-state index contributed by atoms with van der Waals surface area (Å²) in [4.78, 5) is 0. The Bertz CT molecular complexity index is 2720. The summed E-state index contributed by atoms with van der Waals surface area (Å²) in [5.74, 6) is 0. The average Bonchev–Trinajstić information content (AvgIpc) is 3.76. The Hall–Kier alpha value is -6.06. The molecule has 0 N–H and O–H groups in total. The van der Waals surface area contributed by atoms with E-state index in [-0.39, 0.29) is 0 Å². The number of furan rings is 1. The third kappa shape index (κ3) is 3.41. The lowest BCUT2D eigenvalue weighted by atomic mass is 10.0. The molecule has 210 valence electrons. The maximum absolute atomic E-state index is 6.30. The van der Waals surface area contributed by atoms with Crippen molar-refractivity contribution in [1.29, 1.82) is 0 Å². The zero-order valence-electron chi connectivity index (χ0n) is 24.3. The lowest BCUT2D eigenvalue weighted by Gasteiger charge is -2.15. The van der Waals surface area contributed by atoms with Gasteiger partial charge in [-0.05, 0) is 60.2 Å². The molecule has 3 aromatic heterocycles. The summed E-state index contributed by atoms with van der Waals surface area (Å²) in [5, 5.41) is 7.30. The summed E-state index contributed by atoms with van der Waals surface area (Å²) in [5.41, 5.74) is 11.3. The van der Waals surface area contributed by atoms with Crippen molar-refractivity contribution in [3.05, 3.63) is 158 Å². The van der Waals surface area contributed by atoms with Gasteiger partial charge in [-0.3, -0.25) is 0 Å². The second-order valence-electron chi connectivity index (χ2n) is 11.7. The predicted octanol–water partition coefficient (Wildman–Crippen LogP) is 11.4. The van der Waals surface area contributed by atoms with Gasteiger partial charge in [-0.2, -0.15) is 0 Å². The van der Waals surface area contributed by atoms with Crippen LogP contribution in [-0.4, -0.2) is 9.13 Å². The van der Waals surface area contributed by atoms with Gasteiger partial charge >= 0.3 is 0 Å². The van der Waals surface area contributed by atoms with E-state index in [1.807, 2.05) is 6.07 Å². The summed E-state index contributed by atoms with van der Waals surface area (Å²) in [6.45, 7) is 0. The van der Waals surface area contributed by atoms with Crippen molar-refractivity contribution < 1.29 is 4.42 Å². The van der Waals surface area contributed by atoms with Gasteiger partial charge in [0.15, 0.2) is 0 Å². The summed E-state index contributed by atoms with van der Waals surface area (Å²) < 4.78 is 11.1. The molecule has 0 bridgehead atoms. The van der Waals surface area contributed by atoms with Crippen LogP contribution in [-0.2, 0) is 0 Å².